The molecule has 3 nitrogen and oxygen atoms in total. The molecule has 48 heavy (non-hydrogen) atoms. The fourth-order valence-electron chi connectivity index (χ4n) is 7.21. The molecule has 1 unspecified atom stereocenters. The van der Waals surface area contributed by atoms with Gasteiger partial charge in [0.2, 0.25) is 0 Å². The Morgan fingerprint density at radius 3 is 2.23 bits per heavy atom. The molecule has 0 saturated heterocycles. The van der Waals surface area contributed by atoms with Crippen LogP contribution in [0.5, 0.6) is 0 Å². The highest BCUT2D eigenvalue weighted by Gasteiger charge is 2.24. The lowest BCUT2D eigenvalue weighted by Crippen LogP contribution is -2.37. The molecule has 0 saturated carbocycles. The van der Waals surface area contributed by atoms with Crippen LogP contribution in [-0.2, 0) is 0 Å². The van der Waals surface area contributed by atoms with E-state index in [1.54, 1.807) is 11.3 Å². The number of furan rings is 1. The molecular formula is C44H28N2OS. The molecule has 3 heterocycles. The zero-order chi connectivity index (χ0) is 31.6. The van der Waals surface area contributed by atoms with Gasteiger partial charge in [0.15, 0.2) is 0 Å². The normalized spacial score (nSPS) is 14.3. The van der Waals surface area contributed by atoms with Gasteiger partial charge in [0, 0.05) is 32.0 Å². The first-order valence-corrected chi connectivity index (χ1v) is 17.1. The number of hydrogen-bond acceptors (Lipinski definition) is 4. The second-order valence-corrected chi connectivity index (χ2v) is 13.4. The van der Waals surface area contributed by atoms with Gasteiger partial charge in [-0.15, -0.1) is 11.3 Å². The molecule has 0 bridgehead atoms. The monoisotopic (exact) mass is 632 g/mol. The van der Waals surface area contributed by atoms with Crippen LogP contribution in [0.1, 0.15) is 17.3 Å². The Morgan fingerprint density at radius 2 is 1.29 bits per heavy atom. The van der Waals surface area contributed by atoms with Crippen molar-refractivity contribution in [1.82, 2.24) is 5.32 Å². The molecule has 1 N–H and O–H groups in total. The summed E-state index contributed by atoms with van der Waals surface area (Å²) < 4.78 is 9.15. The Kier molecular flexibility index (Phi) is 6.11. The molecule has 0 spiro atoms. The number of hydrogen-bond donors (Lipinski definition) is 1. The first-order chi connectivity index (χ1) is 23.8. The number of rotatable bonds is 4. The van der Waals surface area contributed by atoms with Gasteiger partial charge in [-0.3, -0.25) is 4.99 Å². The van der Waals surface area contributed by atoms with Crippen molar-refractivity contribution in [3.05, 3.63) is 179 Å². The van der Waals surface area contributed by atoms with Gasteiger partial charge in [-0.05, 0) is 57.3 Å². The van der Waals surface area contributed by atoms with Gasteiger partial charge in [0.25, 0.3) is 0 Å². The summed E-state index contributed by atoms with van der Waals surface area (Å²) in [5.41, 5.74) is 9.71. The predicted octanol–water partition coefficient (Wildman–Crippen LogP) is 10.4. The van der Waals surface area contributed by atoms with Gasteiger partial charge < -0.3 is 9.73 Å². The first-order valence-electron chi connectivity index (χ1n) is 16.2. The van der Waals surface area contributed by atoms with E-state index in [1.807, 2.05) is 0 Å². The molecule has 9 aromatic rings. The van der Waals surface area contributed by atoms with Gasteiger partial charge in [-0.1, -0.05) is 133 Å². The minimum absolute atomic E-state index is 0.236. The zero-order valence-electron chi connectivity index (χ0n) is 25.9. The smallest absolute Gasteiger partial charge is 0.145 e. The zero-order valence-corrected chi connectivity index (χ0v) is 26.7. The Labute approximate surface area is 280 Å². The molecule has 1 aliphatic heterocycles. The maximum absolute atomic E-state index is 6.76. The summed E-state index contributed by atoms with van der Waals surface area (Å²) in [7, 11) is 0. The highest BCUT2D eigenvalue weighted by Crippen LogP contribution is 2.40. The number of fused-ring (bicyclic) bond motifs is 7. The van der Waals surface area contributed by atoms with Crippen LogP contribution in [0, 0.1) is 0 Å². The summed E-state index contributed by atoms with van der Waals surface area (Å²) in [5.74, 6) is 0. The maximum Gasteiger partial charge on any atom is 0.145 e. The number of para-hydroxylation sites is 1. The number of nitrogens with one attached hydrogen (secondary N) is 1. The van der Waals surface area contributed by atoms with Gasteiger partial charge in [-0.2, -0.15) is 0 Å². The van der Waals surface area contributed by atoms with Gasteiger partial charge in [0.05, 0.1) is 15.6 Å². The Hall–Kier alpha value is -5.97. The molecule has 10 rings (SSSR count). The molecule has 226 valence electrons. The fourth-order valence-corrected chi connectivity index (χ4v) is 8.38. The summed E-state index contributed by atoms with van der Waals surface area (Å²) >= 11 is 1.79. The summed E-state index contributed by atoms with van der Waals surface area (Å²) in [4.78, 5) is 5.36. The van der Waals surface area contributed by atoms with E-state index in [1.165, 1.54) is 32.0 Å². The van der Waals surface area contributed by atoms with Crippen molar-refractivity contribution in [2.24, 2.45) is 4.99 Å². The maximum atomic E-state index is 6.76. The van der Waals surface area contributed by atoms with Crippen LogP contribution < -0.4 is 15.2 Å². The molecule has 0 radical (unpaired) electrons. The third-order valence-corrected chi connectivity index (χ3v) is 10.7. The second kappa shape index (κ2) is 10.8. The van der Waals surface area contributed by atoms with Crippen LogP contribution in [0.3, 0.4) is 0 Å². The highest BCUT2D eigenvalue weighted by atomic mass is 32.1. The SMILES string of the molecule is c1ccc(-c2cccc(-c3cccc4c3oc3cccc(C5=c6sc7ccccc7c6=NC(c6ccc7ccccc7c6)N5)c34)c2)cc1. The van der Waals surface area contributed by atoms with Crippen molar-refractivity contribution in [2.45, 2.75) is 6.17 Å². The van der Waals surface area contributed by atoms with Gasteiger partial charge >= 0.3 is 0 Å². The van der Waals surface area contributed by atoms with Crippen LogP contribution >= 0.6 is 11.3 Å². The van der Waals surface area contributed by atoms with Crippen molar-refractivity contribution >= 4 is 59.8 Å². The standard InChI is InChI=1S/C44H28N2OS/c1-2-11-27(12-3-1)30-15-8-16-31(25-30)33-18-9-20-36-39-35(19-10-21-37(39)47-42(33)36)41-43-40(34-17-6-7-22-38(34)48-43)45-44(46-41)32-24-23-28-13-4-5-14-29(28)26-32/h1-26,44,46H. The summed E-state index contributed by atoms with van der Waals surface area (Å²) in [6, 6.07) is 55.9. The number of nitrogens with zero attached hydrogens (tertiary/aromatic N) is 1. The summed E-state index contributed by atoms with van der Waals surface area (Å²) in [6.45, 7) is 0. The van der Waals surface area contributed by atoms with E-state index in [0.717, 1.165) is 59.8 Å². The average molecular weight is 633 g/mol. The van der Waals surface area contributed by atoms with E-state index in [-0.39, 0.29) is 6.17 Å². The minimum atomic E-state index is -0.236. The molecule has 1 atom stereocenters. The van der Waals surface area contributed by atoms with E-state index < -0.39 is 0 Å². The molecule has 0 aliphatic carbocycles. The molecule has 7 aromatic carbocycles. The third-order valence-electron chi connectivity index (χ3n) is 9.50. The minimum Gasteiger partial charge on any atom is -0.455 e. The molecule has 2 aromatic heterocycles. The molecule has 4 heteroatoms. The quantitative estimate of drug-likeness (QED) is 0.210. The lowest BCUT2D eigenvalue weighted by atomic mass is 9.96. The van der Waals surface area contributed by atoms with Crippen LogP contribution in [0.4, 0.5) is 0 Å². The van der Waals surface area contributed by atoms with Crippen LogP contribution in [0.2, 0.25) is 0 Å². The molecule has 1 aliphatic rings. The fraction of sp³-hybridized carbons (Fsp3) is 0.0227. The third kappa shape index (κ3) is 4.30. The van der Waals surface area contributed by atoms with Crippen molar-refractivity contribution in [1.29, 1.82) is 0 Å². The van der Waals surface area contributed by atoms with Gasteiger partial charge in [0.1, 0.15) is 17.3 Å². The van der Waals surface area contributed by atoms with Crippen LogP contribution in [-0.4, -0.2) is 0 Å². The predicted molar refractivity (Wildman–Crippen MR) is 200 cm³/mol. The van der Waals surface area contributed by atoms with E-state index in [2.05, 4.69) is 163 Å². The largest absolute Gasteiger partial charge is 0.455 e. The van der Waals surface area contributed by atoms with E-state index in [9.17, 15) is 0 Å². The molecule has 0 fully saturated rings. The average Bonchev–Trinajstić information content (AvgIpc) is 3.73. The topological polar surface area (TPSA) is 37.5 Å². The van der Waals surface area contributed by atoms with Gasteiger partial charge in [-0.25, -0.2) is 0 Å². The Bertz CT molecular complexity index is 2830. The Morgan fingerprint density at radius 1 is 0.562 bits per heavy atom. The van der Waals surface area contributed by atoms with Crippen molar-refractivity contribution in [3.63, 3.8) is 0 Å². The van der Waals surface area contributed by atoms with Crippen molar-refractivity contribution in [2.75, 3.05) is 0 Å². The first kappa shape index (κ1) is 27.2. The number of thiophene rings is 1. The highest BCUT2D eigenvalue weighted by molar-refractivity contribution is 7.17. The van der Waals surface area contributed by atoms with E-state index in [0.29, 0.717) is 0 Å². The Balaban J connectivity index is 1.19. The second-order valence-electron chi connectivity index (χ2n) is 12.3. The number of benzene rings is 7. The molecule has 0 amide bonds. The van der Waals surface area contributed by atoms with Crippen LogP contribution in [0.25, 0.3) is 70.7 Å². The van der Waals surface area contributed by atoms with Crippen molar-refractivity contribution < 1.29 is 4.42 Å². The van der Waals surface area contributed by atoms with E-state index in [4.69, 9.17) is 9.41 Å². The summed E-state index contributed by atoms with van der Waals surface area (Å²) in [5, 5.41) is 10.8. The van der Waals surface area contributed by atoms with Crippen LogP contribution in [0.15, 0.2) is 167 Å². The summed E-state index contributed by atoms with van der Waals surface area (Å²) in [6.07, 6.45) is -0.236. The van der Waals surface area contributed by atoms with E-state index >= 15 is 0 Å². The van der Waals surface area contributed by atoms with Crippen molar-refractivity contribution in [3.8, 4) is 22.3 Å². The molecular weight excluding hydrogens is 605 g/mol. The lowest BCUT2D eigenvalue weighted by molar-refractivity contribution is 0.640. The lowest BCUT2D eigenvalue weighted by Gasteiger charge is -2.22.